The summed E-state index contributed by atoms with van der Waals surface area (Å²) >= 11 is 1.29. The van der Waals surface area contributed by atoms with Gasteiger partial charge in [-0.25, -0.2) is 8.78 Å². The number of amides is 1. The van der Waals surface area contributed by atoms with Gasteiger partial charge in [-0.05, 0) is 83.1 Å². The summed E-state index contributed by atoms with van der Waals surface area (Å²) in [6.07, 6.45) is 0. The Labute approximate surface area is 185 Å². The summed E-state index contributed by atoms with van der Waals surface area (Å²) in [5.41, 5.74) is 1.31. The zero-order chi connectivity index (χ0) is 22.7. The van der Waals surface area contributed by atoms with Crippen LogP contribution in [-0.2, 0) is 4.79 Å². The Kier molecular flexibility index (Phi) is 7.10. The molecule has 0 saturated carbocycles. The highest BCUT2D eigenvalue weighted by Crippen LogP contribution is 2.31. The molecule has 5 nitrogen and oxygen atoms in total. The van der Waals surface area contributed by atoms with Crippen LogP contribution in [0.15, 0.2) is 53.7 Å². The van der Waals surface area contributed by atoms with Crippen molar-refractivity contribution in [3.05, 3.63) is 60.2 Å². The fourth-order valence-corrected chi connectivity index (χ4v) is 4.40. The molecule has 1 atom stereocenters. The minimum atomic E-state index is -0.408. The summed E-state index contributed by atoms with van der Waals surface area (Å²) in [6, 6.07) is 12.0. The van der Waals surface area contributed by atoms with Gasteiger partial charge < -0.3 is 4.90 Å². The van der Waals surface area contributed by atoms with Crippen LogP contribution in [-0.4, -0.2) is 42.9 Å². The molecule has 0 N–H and O–H groups in total. The van der Waals surface area contributed by atoms with Gasteiger partial charge in [0.15, 0.2) is 11.0 Å². The van der Waals surface area contributed by atoms with Crippen LogP contribution < -0.4 is 0 Å². The molecule has 3 aromatic rings. The third-order valence-corrected chi connectivity index (χ3v) is 5.85. The number of thioether (sulfide) groups is 1. The van der Waals surface area contributed by atoms with Crippen molar-refractivity contribution in [3.8, 4) is 17.1 Å². The summed E-state index contributed by atoms with van der Waals surface area (Å²) in [5.74, 6) is -0.222. The maximum atomic E-state index is 13.5. The van der Waals surface area contributed by atoms with Gasteiger partial charge in [0.2, 0.25) is 5.91 Å². The lowest BCUT2D eigenvalue weighted by molar-refractivity contribution is -0.133. The van der Waals surface area contributed by atoms with Gasteiger partial charge in [-0.1, -0.05) is 11.8 Å². The van der Waals surface area contributed by atoms with Crippen molar-refractivity contribution in [3.63, 3.8) is 0 Å². The van der Waals surface area contributed by atoms with Gasteiger partial charge in [-0.2, -0.15) is 0 Å². The number of hydrogen-bond acceptors (Lipinski definition) is 4. The number of halogens is 2. The lowest BCUT2D eigenvalue weighted by Crippen LogP contribution is -2.45. The van der Waals surface area contributed by atoms with E-state index in [1.54, 1.807) is 28.8 Å². The summed E-state index contributed by atoms with van der Waals surface area (Å²) in [7, 11) is 0. The topological polar surface area (TPSA) is 51.0 Å². The van der Waals surface area contributed by atoms with Gasteiger partial charge in [0.25, 0.3) is 0 Å². The standard InChI is InChI=1S/C23H26F2N4OS/c1-14(2)28(15(3)4)22(30)16(5)31-23-27-26-21(17-6-8-18(24)9-7-17)29(23)20-12-10-19(25)11-13-20/h6-16H,1-5H3. The van der Waals surface area contributed by atoms with Gasteiger partial charge in [0, 0.05) is 23.3 Å². The van der Waals surface area contributed by atoms with Crippen LogP contribution in [0.1, 0.15) is 34.6 Å². The Balaban J connectivity index is 2.01. The van der Waals surface area contributed by atoms with Crippen molar-refractivity contribution < 1.29 is 13.6 Å². The van der Waals surface area contributed by atoms with Crippen LogP contribution in [0.3, 0.4) is 0 Å². The van der Waals surface area contributed by atoms with Crippen molar-refractivity contribution in [1.29, 1.82) is 0 Å². The van der Waals surface area contributed by atoms with E-state index in [0.717, 1.165) is 0 Å². The zero-order valence-electron chi connectivity index (χ0n) is 18.2. The first kappa shape index (κ1) is 22.9. The first-order valence-electron chi connectivity index (χ1n) is 10.1. The molecule has 0 aliphatic heterocycles. The Morgan fingerprint density at radius 2 is 1.39 bits per heavy atom. The van der Waals surface area contributed by atoms with Crippen molar-refractivity contribution >= 4 is 17.7 Å². The molecule has 0 aliphatic rings. The molecule has 164 valence electrons. The van der Waals surface area contributed by atoms with E-state index in [-0.39, 0.29) is 29.6 Å². The molecule has 2 aromatic carbocycles. The average Bonchev–Trinajstić information content (AvgIpc) is 3.12. The summed E-state index contributed by atoms with van der Waals surface area (Å²) in [6.45, 7) is 9.80. The number of carbonyl (C=O) groups excluding carboxylic acids is 1. The summed E-state index contributed by atoms with van der Waals surface area (Å²) in [5, 5.41) is 8.69. The fraction of sp³-hybridized carbons (Fsp3) is 0.348. The molecule has 0 aliphatic carbocycles. The maximum Gasteiger partial charge on any atom is 0.236 e. The van der Waals surface area contributed by atoms with Gasteiger partial charge in [-0.15, -0.1) is 10.2 Å². The quantitative estimate of drug-likeness (QED) is 0.462. The summed E-state index contributed by atoms with van der Waals surface area (Å²) < 4.78 is 28.7. The van der Waals surface area contributed by atoms with E-state index in [0.29, 0.717) is 22.2 Å². The van der Waals surface area contributed by atoms with Crippen LogP contribution in [0.4, 0.5) is 8.78 Å². The summed E-state index contributed by atoms with van der Waals surface area (Å²) in [4.78, 5) is 14.9. The molecule has 0 fully saturated rings. The fourth-order valence-electron chi connectivity index (χ4n) is 3.48. The van der Waals surface area contributed by atoms with Gasteiger partial charge >= 0.3 is 0 Å². The van der Waals surface area contributed by atoms with Crippen LogP contribution in [0.25, 0.3) is 17.1 Å². The predicted molar refractivity (Wildman–Crippen MR) is 119 cm³/mol. The first-order chi connectivity index (χ1) is 14.7. The van der Waals surface area contributed by atoms with Gasteiger partial charge in [0.1, 0.15) is 11.6 Å². The van der Waals surface area contributed by atoms with E-state index in [1.165, 1.54) is 36.0 Å². The Bertz CT molecular complexity index is 1020. The average molecular weight is 445 g/mol. The number of aromatic nitrogens is 3. The van der Waals surface area contributed by atoms with E-state index < -0.39 is 5.25 Å². The third-order valence-electron chi connectivity index (χ3n) is 4.82. The number of nitrogens with zero attached hydrogens (tertiary/aromatic N) is 4. The molecule has 31 heavy (non-hydrogen) atoms. The molecule has 1 amide bonds. The molecule has 0 radical (unpaired) electrons. The van der Waals surface area contributed by atoms with Crippen LogP contribution in [0.2, 0.25) is 0 Å². The molecule has 8 heteroatoms. The number of rotatable bonds is 7. The van der Waals surface area contributed by atoms with Crippen molar-refractivity contribution in [1.82, 2.24) is 19.7 Å². The number of carbonyl (C=O) groups is 1. The highest BCUT2D eigenvalue weighted by Gasteiger charge is 2.28. The highest BCUT2D eigenvalue weighted by molar-refractivity contribution is 8.00. The Morgan fingerprint density at radius 3 is 1.90 bits per heavy atom. The maximum absolute atomic E-state index is 13.5. The molecule has 0 saturated heterocycles. The predicted octanol–water partition coefficient (Wildman–Crippen LogP) is 5.34. The van der Waals surface area contributed by atoms with E-state index in [1.807, 2.05) is 39.5 Å². The SMILES string of the molecule is CC(Sc1nnc(-c2ccc(F)cc2)n1-c1ccc(F)cc1)C(=O)N(C(C)C)C(C)C. The van der Waals surface area contributed by atoms with Crippen LogP contribution in [0, 0.1) is 11.6 Å². The van der Waals surface area contributed by atoms with Crippen LogP contribution in [0.5, 0.6) is 0 Å². The van der Waals surface area contributed by atoms with E-state index in [2.05, 4.69) is 10.2 Å². The second-order valence-corrected chi connectivity index (χ2v) is 9.13. The number of benzene rings is 2. The van der Waals surface area contributed by atoms with Crippen molar-refractivity contribution in [2.24, 2.45) is 0 Å². The van der Waals surface area contributed by atoms with E-state index in [4.69, 9.17) is 0 Å². The Hall–Kier alpha value is -2.74. The lowest BCUT2D eigenvalue weighted by Gasteiger charge is -2.32. The van der Waals surface area contributed by atoms with E-state index in [9.17, 15) is 13.6 Å². The molecule has 1 heterocycles. The number of hydrogen-bond donors (Lipinski definition) is 0. The highest BCUT2D eigenvalue weighted by atomic mass is 32.2. The second kappa shape index (κ2) is 9.60. The second-order valence-electron chi connectivity index (χ2n) is 7.82. The molecule has 1 aromatic heterocycles. The van der Waals surface area contributed by atoms with Crippen molar-refractivity contribution in [2.45, 2.75) is 57.1 Å². The largest absolute Gasteiger partial charge is 0.337 e. The smallest absolute Gasteiger partial charge is 0.236 e. The van der Waals surface area contributed by atoms with Gasteiger partial charge in [-0.3, -0.25) is 9.36 Å². The third kappa shape index (κ3) is 5.12. The normalized spacial score (nSPS) is 12.4. The molecule has 3 rings (SSSR count). The molecular formula is C23H26F2N4OS. The monoisotopic (exact) mass is 444 g/mol. The minimum Gasteiger partial charge on any atom is -0.337 e. The zero-order valence-corrected chi connectivity index (χ0v) is 19.0. The lowest BCUT2D eigenvalue weighted by atomic mass is 10.2. The van der Waals surface area contributed by atoms with Crippen LogP contribution >= 0.6 is 11.8 Å². The van der Waals surface area contributed by atoms with Crippen molar-refractivity contribution in [2.75, 3.05) is 0 Å². The van der Waals surface area contributed by atoms with E-state index >= 15 is 0 Å². The molecule has 1 unspecified atom stereocenters. The Morgan fingerprint density at radius 1 is 0.871 bits per heavy atom. The molecule has 0 spiro atoms. The molecular weight excluding hydrogens is 418 g/mol. The van der Waals surface area contributed by atoms with Gasteiger partial charge in [0.05, 0.1) is 5.25 Å². The first-order valence-corrected chi connectivity index (χ1v) is 11.0. The minimum absolute atomic E-state index is 0.00647. The molecule has 0 bridgehead atoms.